The Labute approximate surface area is 137 Å². The van der Waals surface area contributed by atoms with Crippen LogP contribution in [0.25, 0.3) is 0 Å². The van der Waals surface area contributed by atoms with Crippen molar-refractivity contribution in [3.05, 3.63) is 65.1 Å². The molecule has 0 atom stereocenters. The molecule has 0 aliphatic rings. The molecule has 0 fully saturated rings. The molecule has 0 bridgehead atoms. The highest BCUT2D eigenvalue weighted by Crippen LogP contribution is 2.16. The fourth-order valence-electron chi connectivity index (χ4n) is 1.66. The topological polar surface area (TPSA) is 89.1 Å². The lowest BCUT2D eigenvalue weighted by Crippen LogP contribution is -1.91. The first-order chi connectivity index (χ1) is 11.3. The third kappa shape index (κ3) is 4.36. The zero-order chi connectivity index (χ0) is 15.9. The lowest BCUT2D eigenvalue weighted by molar-refractivity contribution is 1.16. The highest BCUT2D eigenvalue weighted by atomic mass is 32.1. The van der Waals surface area contributed by atoms with Gasteiger partial charge >= 0.3 is 0 Å². The van der Waals surface area contributed by atoms with Crippen molar-refractivity contribution in [1.82, 2.24) is 15.0 Å². The number of anilines is 2. The molecule has 0 amide bonds. The summed E-state index contributed by atoms with van der Waals surface area (Å²) in [6, 6.07) is 7.73. The second-order valence-electron chi connectivity index (χ2n) is 4.45. The minimum Gasteiger partial charge on any atom is -0.383 e. The number of nitrogen functional groups attached to an aromatic ring is 1. The van der Waals surface area contributed by atoms with E-state index in [9.17, 15) is 0 Å². The van der Waals surface area contributed by atoms with Gasteiger partial charge in [0, 0.05) is 23.3 Å². The summed E-state index contributed by atoms with van der Waals surface area (Å²) < 4.78 is 0. The molecule has 2 aromatic heterocycles. The molecule has 23 heavy (non-hydrogen) atoms. The molecule has 0 aliphatic carbocycles. The minimum absolute atomic E-state index is 0.486. The lowest BCUT2D eigenvalue weighted by Gasteiger charge is -1.95. The van der Waals surface area contributed by atoms with Crippen LogP contribution in [0.3, 0.4) is 0 Å². The van der Waals surface area contributed by atoms with Gasteiger partial charge in [0.25, 0.3) is 0 Å². The number of hydrogen-bond acceptors (Lipinski definition) is 7. The van der Waals surface area contributed by atoms with E-state index in [-0.39, 0.29) is 0 Å². The van der Waals surface area contributed by atoms with E-state index in [2.05, 4.69) is 37.3 Å². The number of nitrogens with zero attached hydrogens (tertiary/aromatic N) is 4. The molecule has 1 aromatic carbocycles. The van der Waals surface area contributed by atoms with E-state index in [1.54, 1.807) is 24.0 Å². The number of nitrogens with two attached hydrogens (primary N) is 1. The van der Waals surface area contributed by atoms with Crippen LogP contribution in [-0.4, -0.2) is 21.2 Å². The molecule has 7 heteroatoms. The maximum absolute atomic E-state index is 5.54. The Morgan fingerprint density at radius 2 is 1.83 bits per heavy atom. The van der Waals surface area contributed by atoms with Gasteiger partial charge in [-0.15, -0.1) is 11.3 Å². The second kappa shape index (κ2) is 7.15. The summed E-state index contributed by atoms with van der Waals surface area (Å²) in [5, 5.41) is 6.52. The fraction of sp³-hybridized carbons (Fsp3) is 0. The summed E-state index contributed by atoms with van der Waals surface area (Å²) >= 11 is 1.40. The molecule has 3 rings (SSSR count). The predicted molar refractivity (Wildman–Crippen MR) is 92.2 cm³/mol. The number of rotatable bonds is 3. The van der Waals surface area contributed by atoms with E-state index in [4.69, 9.17) is 5.73 Å². The molecule has 0 radical (unpaired) electrons. The van der Waals surface area contributed by atoms with Gasteiger partial charge in [0.05, 0.1) is 11.8 Å². The summed E-state index contributed by atoms with van der Waals surface area (Å²) in [5.41, 5.74) is 11.0. The average molecular weight is 320 g/mol. The smallest absolute Gasteiger partial charge is 0.205 e. The Hall–Kier alpha value is -3.24. The molecule has 0 spiro atoms. The monoisotopic (exact) mass is 320 g/mol. The van der Waals surface area contributed by atoms with E-state index in [1.807, 2.05) is 24.3 Å². The SMILES string of the molecule is Nc1csc(NN=Cc2ccc(C#Cc3cncnc3)cc2)n1. The van der Waals surface area contributed by atoms with Crippen LogP contribution in [0.4, 0.5) is 10.9 Å². The van der Waals surface area contributed by atoms with Crippen LogP contribution in [0.15, 0.2) is 53.5 Å². The normalized spacial score (nSPS) is 10.3. The van der Waals surface area contributed by atoms with Crippen LogP contribution in [0.2, 0.25) is 0 Å². The molecule has 0 saturated carbocycles. The molecular weight excluding hydrogens is 308 g/mol. The van der Waals surface area contributed by atoms with Gasteiger partial charge in [-0.3, -0.25) is 5.43 Å². The van der Waals surface area contributed by atoms with Crippen LogP contribution in [0.5, 0.6) is 0 Å². The number of aromatic nitrogens is 3. The van der Waals surface area contributed by atoms with Crippen molar-refractivity contribution >= 4 is 28.5 Å². The van der Waals surface area contributed by atoms with Crippen LogP contribution < -0.4 is 11.2 Å². The molecule has 0 aliphatic heterocycles. The van der Waals surface area contributed by atoms with Gasteiger partial charge < -0.3 is 5.73 Å². The van der Waals surface area contributed by atoms with Crippen molar-refractivity contribution in [2.24, 2.45) is 5.10 Å². The van der Waals surface area contributed by atoms with Crippen LogP contribution in [-0.2, 0) is 0 Å². The maximum atomic E-state index is 5.54. The first-order valence-electron chi connectivity index (χ1n) is 6.67. The summed E-state index contributed by atoms with van der Waals surface area (Å²) in [5.74, 6) is 6.55. The van der Waals surface area contributed by atoms with Gasteiger partial charge in [-0.1, -0.05) is 24.0 Å². The van der Waals surface area contributed by atoms with Gasteiger partial charge in [-0.2, -0.15) is 5.10 Å². The van der Waals surface area contributed by atoms with Gasteiger partial charge in [0.15, 0.2) is 0 Å². The molecular formula is C16H12N6S. The molecule has 0 unspecified atom stereocenters. The Morgan fingerprint density at radius 1 is 1.09 bits per heavy atom. The van der Waals surface area contributed by atoms with Crippen molar-refractivity contribution in [3.8, 4) is 11.8 Å². The molecule has 112 valence electrons. The van der Waals surface area contributed by atoms with Gasteiger partial charge in [-0.05, 0) is 17.7 Å². The average Bonchev–Trinajstić information content (AvgIpc) is 3.00. The van der Waals surface area contributed by atoms with E-state index >= 15 is 0 Å². The Balaban J connectivity index is 1.62. The Morgan fingerprint density at radius 3 is 2.52 bits per heavy atom. The minimum atomic E-state index is 0.486. The quantitative estimate of drug-likeness (QED) is 0.439. The Kier molecular flexibility index (Phi) is 4.57. The first kappa shape index (κ1) is 14.7. The van der Waals surface area contributed by atoms with Gasteiger partial charge in [-0.25, -0.2) is 15.0 Å². The van der Waals surface area contributed by atoms with Crippen molar-refractivity contribution in [1.29, 1.82) is 0 Å². The number of hydrogen-bond donors (Lipinski definition) is 2. The second-order valence-corrected chi connectivity index (χ2v) is 5.30. The largest absolute Gasteiger partial charge is 0.383 e. The summed E-state index contributed by atoms with van der Waals surface area (Å²) in [6.07, 6.45) is 6.54. The van der Waals surface area contributed by atoms with E-state index in [0.29, 0.717) is 10.9 Å². The van der Waals surface area contributed by atoms with Gasteiger partial charge in [0.2, 0.25) is 5.13 Å². The predicted octanol–water partition coefficient (Wildman–Crippen LogP) is 2.36. The maximum Gasteiger partial charge on any atom is 0.205 e. The third-order valence-electron chi connectivity index (χ3n) is 2.72. The van der Waals surface area contributed by atoms with Crippen LogP contribution >= 0.6 is 11.3 Å². The molecule has 3 aromatic rings. The standard InChI is InChI=1S/C16H12N6S/c17-15-10-23-16(21-15)22-20-9-13-4-1-12(2-5-13)3-6-14-7-18-11-19-8-14/h1-2,4-5,7-11H,17H2,(H,21,22). The fourth-order valence-corrected chi connectivity index (χ4v) is 2.21. The first-order valence-corrected chi connectivity index (χ1v) is 7.55. The van der Waals surface area contributed by atoms with Crippen molar-refractivity contribution in [2.75, 3.05) is 11.2 Å². The Bertz CT molecular complexity index is 859. The molecule has 2 heterocycles. The highest BCUT2D eigenvalue weighted by molar-refractivity contribution is 7.14. The van der Waals surface area contributed by atoms with Crippen LogP contribution in [0.1, 0.15) is 16.7 Å². The summed E-state index contributed by atoms with van der Waals surface area (Å²) in [4.78, 5) is 11.9. The van der Waals surface area contributed by atoms with E-state index < -0.39 is 0 Å². The van der Waals surface area contributed by atoms with Crippen molar-refractivity contribution < 1.29 is 0 Å². The lowest BCUT2D eigenvalue weighted by atomic mass is 10.1. The van der Waals surface area contributed by atoms with Gasteiger partial charge in [0.1, 0.15) is 12.1 Å². The van der Waals surface area contributed by atoms with E-state index in [1.165, 1.54) is 17.7 Å². The van der Waals surface area contributed by atoms with Crippen molar-refractivity contribution in [3.63, 3.8) is 0 Å². The van der Waals surface area contributed by atoms with E-state index in [0.717, 1.165) is 16.7 Å². The zero-order valence-corrected chi connectivity index (χ0v) is 12.8. The summed E-state index contributed by atoms with van der Waals surface area (Å²) in [7, 11) is 0. The molecule has 3 N–H and O–H groups in total. The number of thiazole rings is 1. The van der Waals surface area contributed by atoms with Crippen molar-refractivity contribution in [2.45, 2.75) is 0 Å². The molecule has 6 nitrogen and oxygen atoms in total. The zero-order valence-electron chi connectivity index (χ0n) is 12.0. The summed E-state index contributed by atoms with van der Waals surface area (Å²) in [6.45, 7) is 0. The number of benzene rings is 1. The number of hydrazone groups is 1. The number of nitrogens with one attached hydrogen (secondary N) is 1. The van der Waals surface area contributed by atoms with Crippen LogP contribution in [0, 0.1) is 11.8 Å². The highest BCUT2D eigenvalue weighted by Gasteiger charge is 1.95. The molecule has 0 saturated heterocycles. The third-order valence-corrected chi connectivity index (χ3v) is 3.48.